The highest BCUT2D eigenvalue weighted by molar-refractivity contribution is 6.31. The van der Waals surface area contributed by atoms with Gasteiger partial charge < -0.3 is 19.3 Å². The highest BCUT2D eigenvalue weighted by atomic mass is 35.5. The first-order chi connectivity index (χ1) is 26.3. The van der Waals surface area contributed by atoms with Crippen molar-refractivity contribution in [1.29, 1.82) is 5.26 Å². The number of carbonyl (C=O) groups is 1. The van der Waals surface area contributed by atoms with Crippen LogP contribution < -0.4 is 9.64 Å². The minimum absolute atomic E-state index is 0.00452. The number of ether oxygens (including phenoxy) is 2. The molecule has 0 N–H and O–H groups in total. The molecule has 11 nitrogen and oxygen atoms in total. The van der Waals surface area contributed by atoms with Gasteiger partial charge in [0.2, 0.25) is 5.91 Å². The topological polar surface area (TPSA) is 111 Å². The summed E-state index contributed by atoms with van der Waals surface area (Å²) in [5.41, 5.74) is -3.33. The summed E-state index contributed by atoms with van der Waals surface area (Å²) in [4.78, 5) is 34.3. The van der Waals surface area contributed by atoms with E-state index >= 15 is 4.39 Å². The van der Waals surface area contributed by atoms with Gasteiger partial charge in [-0.1, -0.05) is 29.8 Å². The quantitative estimate of drug-likeness (QED) is 0.188. The second kappa shape index (κ2) is 15.8. The molecule has 4 aliphatic heterocycles. The fourth-order valence-electron chi connectivity index (χ4n) is 8.62. The van der Waals surface area contributed by atoms with Crippen LogP contribution in [0, 0.1) is 17.1 Å². The van der Waals surface area contributed by atoms with Gasteiger partial charge in [-0.25, -0.2) is 8.78 Å². The van der Waals surface area contributed by atoms with Crippen molar-refractivity contribution in [3.63, 3.8) is 0 Å². The van der Waals surface area contributed by atoms with E-state index in [1.165, 1.54) is 18.3 Å². The summed E-state index contributed by atoms with van der Waals surface area (Å²) in [6.07, 6.45) is 0.556. The smallest absolute Gasteiger partial charge is 0.418 e. The SMILES string of the molecule is C[C@@H]1CN(C/C=C/C(=O)N2CCN(c3nc(OC[C@@]45CCCN4C[C@H](F)C5)nc4c(F)c(-c5cccc(Cl)c5C(F)(F)F)ncc34)C[C@@H]2CC#N)C[C@H](C)O1. The Morgan fingerprint density at radius 2 is 1.93 bits per heavy atom. The van der Waals surface area contributed by atoms with Crippen molar-refractivity contribution in [2.75, 3.05) is 63.9 Å². The van der Waals surface area contributed by atoms with Crippen LogP contribution in [0.4, 0.5) is 27.8 Å². The molecule has 0 unspecified atom stereocenters. The van der Waals surface area contributed by atoms with Crippen LogP contribution in [0.25, 0.3) is 22.2 Å². The van der Waals surface area contributed by atoms with E-state index in [0.29, 0.717) is 19.5 Å². The third-order valence-electron chi connectivity index (χ3n) is 10.9. The lowest BCUT2D eigenvalue weighted by Crippen LogP contribution is -2.55. The standard InChI is InChI=1S/C38H42ClF5N8O3/c1-23-18-49(19-24(2)55-23)12-4-8-30(53)52-15-14-50(21-26(52)9-11-45)35-28-17-46-33(27-6-3-7-29(39)31(27)38(42,43)44)32(41)34(28)47-36(48-35)54-22-37-10-5-13-51(37)20-25(40)16-37/h3-4,6-8,17,23-26H,5,9-10,12-16,18-22H2,1-2H3/b8-4+/t23-,24+,25-,26+,37+/m1/s1. The van der Waals surface area contributed by atoms with Gasteiger partial charge in [-0.2, -0.15) is 28.4 Å². The van der Waals surface area contributed by atoms with Crippen LogP contribution in [0.1, 0.15) is 45.1 Å². The summed E-state index contributed by atoms with van der Waals surface area (Å²) < 4.78 is 85.7. The van der Waals surface area contributed by atoms with Gasteiger partial charge in [0.15, 0.2) is 5.82 Å². The minimum Gasteiger partial charge on any atom is -0.461 e. The number of halogens is 6. The Kier molecular flexibility index (Phi) is 11.2. The van der Waals surface area contributed by atoms with Crippen LogP contribution in [0.3, 0.4) is 0 Å². The summed E-state index contributed by atoms with van der Waals surface area (Å²) in [5, 5.41) is 9.24. The number of morpholine rings is 1. The highest BCUT2D eigenvalue weighted by Gasteiger charge is 2.49. The van der Waals surface area contributed by atoms with Gasteiger partial charge in [0.25, 0.3) is 0 Å². The third kappa shape index (κ3) is 8.07. The molecular formula is C38H42ClF5N8O3. The molecule has 0 spiro atoms. The molecule has 1 amide bonds. The van der Waals surface area contributed by atoms with Crippen molar-refractivity contribution in [2.45, 2.75) is 75.7 Å². The van der Waals surface area contributed by atoms with E-state index in [-0.39, 0.29) is 86.5 Å². The van der Waals surface area contributed by atoms with Crippen molar-refractivity contribution >= 4 is 34.2 Å². The maximum absolute atomic E-state index is 16.6. The van der Waals surface area contributed by atoms with E-state index in [1.54, 1.807) is 15.9 Å². The zero-order chi connectivity index (χ0) is 39.1. The maximum Gasteiger partial charge on any atom is 0.418 e. The highest BCUT2D eigenvalue weighted by Crippen LogP contribution is 2.44. The number of hydrogen-bond donors (Lipinski definition) is 0. The number of benzene rings is 1. The number of hydrogen-bond acceptors (Lipinski definition) is 10. The lowest BCUT2D eigenvalue weighted by molar-refractivity contribution is -0.137. The fourth-order valence-corrected chi connectivity index (χ4v) is 8.90. The van der Waals surface area contributed by atoms with E-state index in [0.717, 1.165) is 31.6 Å². The zero-order valence-corrected chi connectivity index (χ0v) is 31.3. The number of rotatable bonds is 9. The molecule has 2 aromatic heterocycles. The Hall–Kier alpha value is -4.17. The van der Waals surface area contributed by atoms with Gasteiger partial charge in [-0.05, 0) is 39.3 Å². The Morgan fingerprint density at radius 3 is 2.67 bits per heavy atom. The predicted molar refractivity (Wildman–Crippen MR) is 195 cm³/mol. The monoisotopic (exact) mass is 788 g/mol. The Labute approximate surface area is 320 Å². The number of pyridine rings is 1. The molecule has 6 heterocycles. The van der Waals surface area contributed by atoms with Crippen molar-refractivity contribution < 1.29 is 36.2 Å². The zero-order valence-electron chi connectivity index (χ0n) is 30.5. The third-order valence-corrected chi connectivity index (χ3v) is 11.3. The molecule has 17 heteroatoms. The second-order valence-corrected chi connectivity index (χ2v) is 15.3. The number of anilines is 1. The van der Waals surface area contributed by atoms with Crippen LogP contribution >= 0.6 is 11.6 Å². The maximum atomic E-state index is 16.6. The first-order valence-corrected chi connectivity index (χ1v) is 18.8. The summed E-state index contributed by atoms with van der Waals surface area (Å²) >= 11 is 5.98. The number of carbonyl (C=O) groups excluding carboxylic acids is 1. The number of fused-ring (bicyclic) bond motifs is 2. The number of alkyl halides is 4. The molecule has 4 fully saturated rings. The Balaban J connectivity index is 1.21. The number of piperazine rings is 1. The normalized spacial score (nSPS) is 26.5. The lowest BCUT2D eigenvalue weighted by atomic mass is 9.95. The molecule has 0 bridgehead atoms. The fraction of sp³-hybridized carbons (Fsp3) is 0.553. The van der Waals surface area contributed by atoms with E-state index in [2.05, 4.69) is 25.9 Å². The Bertz CT molecular complexity index is 1990. The largest absolute Gasteiger partial charge is 0.461 e. The molecule has 1 aromatic carbocycles. The van der Waals surface area contributed by atoms with Crippen LogP contribution in [-0.4, -0.2) is 124 Å². The second-order valence-electron chi connectivity index (χ2n) is 14.9. The minimum atomic E-state index is -4.91. The molecule has 0 saturated carbocycles. The van der Waals surface area contributed by atoms with E-state index in [4.69, 9.17) is 21.1 Å². The molecule has 4 saturated heterocycles. The lowest BCUT2D eigenvalue weighted by Gasteiger charge is -2.41. The molecule has 3 aromatic rings. The molecule has 294 valence electrons. The molecular weight excluding hydrogens is 747 g/mol. The van der Waals surface area contributed by atoms with Crippen LogP contribution in [0.15, 0.2) is 36.5 Å². The summed E-state index contributed by atoms with van der Waals surface area (Å²) in [6.45, 7) is 7.63. The van der Waals surface area contributed by atoms with Crippen LogP contribution in [-0.2, 0) is 15.7 Å². The van der Waals surface area contributed by atoms with Gasteiger partial charge in [-0.3, -0.25) is 19.6 Å². The summed E-state index contributed by atoms with van der Waals surface area (Å²) in [6, 6.07) is 4.78. The van der Waals surface area contributed by atoms with Crippen molar-refractivity contribution in [3.8, 4) is 23.3 Å². The van der Waals surface area contributed by atoms with Crippen molar-refractivity contribution in [3.05, 3.63) is 53.0 Å². The van der Waals surface area contributed by atoms with Gasteiger partial charge in [0.05, 0.1) is 52.3 Å². The molecule has 0 aliphatic carbocycles. The van der Waals surface area contributed by atoms with Crippen LogP contribution in [0.5, 0.6) is 6.01 Å². The van der Waals surface area contributed by atoms with Gasteiger partial charge in [0.1, 0.15) is 29.8 Å². The molecule has 7 rings (SSSR count). The number of aromatic nitrogens is 3. The average molecular weight is 789 g/mol. The molecule has 5 atom stereocenters. The van der Waals surface area contributed by atoms with E-state index < -0.39 is 51.6 Å². The van der Waals surface area contributed by atoms with E-state index in [9.17, 15) is 27.6 Å². The van der Waals surface area contributed by atoms with Gasteiger partial charge in [-0.15, -0.1) is 0 Å². The molecule has 4 aliphatic rings. The molecule has 0 radical (unpaired) electrons. The van der Waals surface area contributed by atoms with Crippen molar-refractivity contribution in [1.82, 2.24) is 29.7 Å². The van der Waals surface area contributed by atoms with Crippen LogP contribution in [0.2, 0.25) is 5.02 Å². The first-order valence-electron chi connectivity index (χ1n) is 18.5. The van der Waals surface area contributed by atoms with Crippen molar-refractivity contribution in [2.24, 2.45) is 0 Å². The Morgan fingerprint density at radius 1 is 1.15 bits per heavy atom. The van der Waals surface area contributed by atoms with E-state index in [1.807, 2.05) is 18.7 Å². The summed E-state index contributed by atoms with van der Waals surface area (Å²) in [7, 11) is 0. The van der Waals surface area contributed by atoms with Gasteiger partial charge >= 0.3 is 12.2 Å². The summed E-state index contributed by atoms with van der Waals surface area (Å²) in [5.74, 6) is -1.22. The predicted octanol–water partition coefficient (Wildman–Crippen LogP) is 6.05. The number of amides is 1. The average Bonchev–Trinajstić information content (AvgIpc) is 3.65. The number of nitrogens with zero attached hydrogens (tertiary/aromatic N) is 8. The molecule has 55 heavy (non-hydrogen) atoms. The van der Waals surface area contributed by atoms with Gasteiger partial charge in [0, 0.05) is 70.1 Å². The first kappa shape index (κ1) is 39.1. The number of nitriles is 1.